The quantitative estimate of drug-likeness (QED) is 0.291. The van der Waals surface area contributed by atoms with Gasteiger partial charge >= 0.3 is 18.2 Å². The Morgan fingerprint density at radius 2 is 1.63 bits per heavy atom. The van der Waals surface area contributed by atoms with Crippen LogP contribution >= 0.6 is 11.6 Å². The summed E-state index contributed by atoms with van der Waals surface area (Å²) in [6, 6.07) is 2.60. The molecular formula is C28H34ClF5N2O5. The van der Waals surface area contributed by atoms with E-state index in [0.717, 1.165) is 12.7 Å². The number of piperidine rings is 1. The van der Waals surface area contributed by atoms with Gasteiger partial charge in [-0.05, 0) is 70.4 Å². The van der Waals surface area contributed by atoms with Gasteiger partial charge in [-0.3, -0.25) is 4.79 Å². The number of likely N-dealkylation sites (tertiary alicyclic amines) is 2. The number of benzene rings is 1. The van der Waals surface area contributed by atoms with Crippen LogP contribution in [0.15, 0.2) is 18.2 Å². The predicted molar refractivity (Wildman–Crippen MR) is 138 cm³/mol. The molecule has 7 nitrogen and oxygen atoms in total. The first kappa shape index (κ1) is 31.3. The number of hydrogen-bond acceptors (Lipinski definition) is 5. The molecule has 0 bridgehead atoms. The van der Waals surface area contributed by atoms with Crippen LogP contribution in [-0.2, 0) is 25.0 Å². The van der Waals surface area contributed by atoms with Crippen LogP contribution in [-0.4, -0.2) is 72.3 Å². The van der Waals surface area contributed by atoms with Crippen molar-refractivity contribution in [2.24, 2.45) is 11.3 Å². The minimum Gasteiger partial charge on any atom is -0.467 e. The van der Waals surface area contributed by atoms with Gasteiger partial charge in [-0.2, -0.15) is 13.2 Å². The third kappa shape index (κ3) is 6.12. The molecule has 4 rings (SSSR count). The second-order valence-corrected chi connectivity index (χ2v) is 12.5. The average molecular weight is 609 g/mol. The van der Waals surface area contributed by atoms with Crippen molar-refractivity contribution in [3.05, 3.63) is 34.3 Å². The normalized spacial score (nSPS) is 23.4. The van der Waals surface area contributed by atoms with E-state index >= 15 is 8.78 Å². The van der Waals surface area contributed by atoms with Crippen molar-refractivity contribution in [2.75, 3.05) is 26.7 Å². The Balaban J connectivity index is 1.49. The summed E-state index contributed by atoms with van der Waals surface area (Å²) in [5.74, 6) is -7.76. The molecule has 2 heterocycles. The van der Waals surface area contributed by atoms with Gasteiger partial charge in [0.15, 0.2) is 0 Å². The Hall–Kier alpha value is -2.63. The molecule has 0 aromatic heterocycles. The summed E-state index contributed by atoms with van der Waals surface area (Å²) in [7, 11) is 0.987. The van der Waals surface area contributed by atoms with Crippen molar-refractivity contribution in [3.8, 4) is 0 Å². The number of alkyl halides is 5. The Bertz CT molecular complexity index is 1190. The maximum absolute atomic E-state index is 15.8. The van der Waals surface area contributed by atoms with E-state index in [9.17, 15) is 27.6 Å². The van der Waals surface area contributed by atoms with Crippen molar-refractivity contribution in [2.45, 2.75) is 82.5 Å². The van der Waals surface area contributed by atoms with Crippen molar-refractivity contribution in [3.63, 3.8) is 0 Å². The Kier molecular flexibility index (Phi) is 8.32. The third-order valence-corrected chi connectivity index (χ3v) is 8.53. The van der Waals surface area contributed by atoms with Gasteiger partial charge in [-0.1, -0.05) is 23.7 Å². The second kappa shape index (κ2) is 10.9. The van der Waals surface area contributed by atoms with Gasteiger partial charge in [0.25, 0.3) is 5.92 Å². The minimum atomic E-state index is -4.85. The standard InChI is InChI=1S/C28H34ClF5N2O5/c1-25(2,3)41-24(39)35-11-7-16(8-12-35)17-5-6-19(20(29)13-17)27(30,31)18-14-21(22(37)40-4)36(15-18)23(38)26(9-10-26)28(32,33)34/h5-6,13,16,18,21H,7-12,14-15H2,1-4H3/t18?,21-/m0/s1. The van der Waals surface area contributed by atoms with Crippen LogP contribution in [0.1, 0.15) is 69.9 Å². The minimum absolute atomic E-state index is 0.0331. The highest BCUT2D eigenvalue weighted by atomic mass is 35.5. The lowest BCUT2D eigenvalue weighted by Crippen LogP contribution is -2.49. The zero-order valence-corrected chi connectivity index (χ0v) is 24.1. The maximum atomic E-state index is 15.8. The molecule has 41 heavy (non-hydrogen) atoms. The van der Waals surface area contributed by atoms with Crippen LogP contribution in [0.3, 0.4) is 0 Å². The van der Waals surface area contributed by atoms with E-state index in [-0.39, 0.29) is 10.9 Å². The van der Waals surface area contributed by atoms with E-state index in [1.54, 1.807) is 25.7 Å². The van der Waals surface area contributed by atoms with E-state index in [1.165, 1.54) is 18.2 Å². The average Bonchev–Trinajstić information content (AvgIpc) is 3.59. The molecule has 0 N–H and O–H groups in total. The van der Waals surface area contributed by atoms with E-state index in [0.29, 0.717) is 30.8 Å². The number of ether oxygens (including phenoxy) is 2. The van der Waals surface area contributed by atoms with Gasteiger partial charge in [0.05, 0.1) is 12.1 Å². The molecule has 13 heteroatoms. The molecular weight excluding hydrogens is 575 g/mol. The van der Waals surface area contributed by atoms with Crippen molar-refractivity contribution in [1.82, 2.24) is 9.80 Å². The molecule has 2 saturated heterocycles. The van der Waals surface area contributed by atoms with Crippen molar-refractivity contribution in [1.29, 1.82) is 0 Å². The summed E-state index contributed by atoms with van der Waals surface area (Å²) in [4.78, 5) is 39.8. The fourth-order valence-electron chi connectivity index (χ4n) is 5.70. The number of hydrogen-bond donors (Lipinski definition) is 0. The van der Waals surface area contributed by atoms with Crippen LogP contribution in [0.4, 0.5) is 26.7 Å². The van der Waals surface area contributed by atoms with Crippen LogP contribution < -0.4 is 0 Å². The third-order valence-electron chi connectivity index (χ3n) is 8.22. The molecule has 1 unspecified atom stereocenters. The number of methoxy groups -OCH3 is 1. The molecule has 0 radical (unpaired) electrons. The van der Waals surface area contributed by atoms with Gasteiger partial charge in [0.1, 0.15) is 17.1 Å². The summed E-state index contributed by atoms with van der Waals surface area (Å²) in [6.07, 6.45) is -5.59. The first-order valence-corrected chi connectivity index (χ1v) is 13.9. The number of carbonyl (C=O) groups is 3. The van der Waals surface area contributed by atoms with Gasteiger partial charge in [0, 0.05) is 31.1 Å². The lowest BCUT2D eigenvalue weighted by atomic mass is 9.87. The first-order chi connectivity index (χ1) is 18.9. The monoisotopic (exact) mass is 608 g/mol. The number of carbonyl (C=O) groups excluding carboxylic acids is 3. The topological polar surface area (TPSA) is 76.2 Å². The summed E-state index contributed by atoms with van der Waals surface area (Å²) < 4.78 is 82.6. The number of rotatable bonds is 5. The highest BCUT2D eigenvalue weighted by molar-refractivity contribution is 6.31. The lowest BCUT2D eigenvalue weighted by molar-refractivity contribution is -0.200. The number of nitrogens with zero attached hydrogens (tertiary/aromatic N) is 2. The molecule has 1 aromatic carbocycles. The summed E-state index contributed by atoms with van der Waals surface area (Å²) in [5, 5.41) is -0.226. The maximum Gasteiger partial charge on any atom is 0.410 e. The zero-order valence-electron chi connectivity index (χ0n) is 23.3. The summed E-state index contributed by atoms with van der Waals surface area (Å²) in [5.41, 5.74) is -3.09. The molecule has 1 saturated carbocycles. The molecule has 2 aliphatic heterocycles. The van der Waals surface area contributed by atoms with Crippen LogP contribution in [0.5, 0.6) is 0 Å². The number of esters is 1. The van der Waals surface area contributed by atoms with E-state index in [1.807, 2.05) is 0 Å². The first-order valence-electron chi connectivity index (χ1n) is 13.5. The predicted octanol–water partition coefficient (Wildman–Crippen LogP) is 6.28. The molecule has 3 fully saturated rings. The highest BCUT2D eigenvalue weighted by Crippen LogP contribution is 2.59. The van der Waals surface area contributed by atoms with E-state index in [2.05, 4.69) is 4.74 Å². The second-order valence-electron chi connectivity index (χ2n) is 12.1. The molecule has 2 atom stereocenters. The van der Waals surface area contributed by atoms with Crippen LogP contribution in [0.25, 0.3) is 0 Å². The SMILES string of the molecule is COC(=O)[C@@H]1CC(C(F)(F)c2ccc(C3CCN(C(=O)OC(C)(C)C)CC3)cc2Cl)CN1C(=O)C1(C(F)(F)F)CC1. The molecule has 0 spiro atoms. The Morgan fingerprint density at radius 3 is 2.12 bits per heavy atom. The van der Waals surface area contributed by atoms with Crippen molar-refractivity contribution >= 4 is 29.6 Å². The van der Waals surface area contributed by atoms with Crippen molar-refractivity contribution < 1.29 is 45.8 Å². The van der Waals surface area contributed by atoms with Gasteiger partial charge < -0.3 is 19.3 Å². The largest absolute Gasteiger partial charge is 0.467 e. The fraction of sp³-hybridized carbons (Fsp3) is 0.679. The molecule has 228 valence electrons. The van der Waals surface area contributed by atoms with Gasteiger partial charge in [0.2, 0.25) is 5.91 Å². The zero-order chi connectivity index (χ0) is 30.5. The van der Waals surface area contributed by atoms with Gasteiger partial charge in [-0.25, -0.2) is 18.4 Å². The number of amides is 2. The number of halogens is 6. The lowest BCUT2D eigenvalue weighted by Gasteiger charge is -2.34. The Morgan fingerprint density at radius 1 is 1.02 bits per heavy atom. The summed E-state index contributed by atoms with van der Waals surface area (Å²) in [6.45, 7) is 5.44. The van der Waals surface area contributed by atoms with E-state index < -0.39 is 84.4 Å². The van der Waals surface area contributed by atoms with Crippen LogP contribution in [0.2, 0.25) is 5.02 Å². The van der Waals surface area contributed by atoms with Crippen LogP contribution in [0, 0.1) is 11.3 Å². The fourth-order valence-corrected chi connectivity index (χ4v) is 6.01. The highest BCUT2D eigenvalue weighted by Gasteiger charge is 2.71. The summed E-state index contributed by atoms with van der Waals surface area (Å²) >= 11 is 6.35. The van der Waals surface area contributed by atoms with E-state index in [4.69, 9.17) is 16.3 Å². The Labute approximate surface area is 240 Å². The molecule has 2 amide bonds. The molecule has 1 aromatic rings. The molecule has 3 aliphatic rings. The smallest absolute Gasteiger partial charge is 0.410 e. The van der Waals surface area contributed by atoms with Gasteiger partial charge in [-0.15, -0.1) is 0 Å². The molecule has 1 aliphatic carbocycles.